The molecule has 1 aromatic heterocycles. The number of rotatable bonds is 5. The molecular formula is C18H17FN4O. The summed E-state index contributed by atoms with van der Waals surface area (Å²) in [5.41, 5.74) is 2.77. The van der Waals surface area contributed by atoms with Gasteiger partial charge in [0.25, 0.3) is 0 Å². The van der Waals surface area contributed by atoms with E-state index in [1.165, 1.54) is 13.0 Å². The van der Waals surface area contributed by atoms with Gasteiger partial charge < -0.3 is 15.6 Å². The molecule has 3 N–H and O–H groups in total. The first kappa shape index (κ1) is 15.7. The topological polar surface area (TPSA) is 69.8 Å². The Hall–Kier alpha value is -3.15. The van der Waals surface area contributed by atoms with Gasteiger partial charge in [-0.3, -0.25) is 4.79 Å². The number of H-pyrrole nitrogens is 1. The van der Waals surface area contributed by atoms with E-state index in [2.05, 4.69) is 20.6 Å². The Bertz CT molecular complexity index is 845. The van der Waals surface area contributed by atoms with Crippen LogP contribution in [0.25, 0.3) is 11.4 Å². The number of amides is 1. The summed E-state index contributed by atoms with van der Waals surface area (Å²) in [4.78, 5) is 18.7. The summed E-state index contributed by atoms with van der Waals surface area (Å²) in [7, 11) is 0. The molecule has 0 unspecified atom stereocenters. The lowest BCUT2D eigenvalue weighted by Crippen LogP contribution is -2.08. The molecule has 24 heavy (non-hydrogen) atoms. The first-order chi connectivity index (χ1) is 11.6. The van der Waals surface area contributed by atoms with E-state index >= 15 is 0 Å². The molecule has 0 saturated heterocycles. The fourth-order valence-corrected chi connectivity index (χ4v) is 2.31. The molecule has 0 aliphatic rings. The number of benzene rings is 2. The highest BCUT2D eigenvalue weighted by Crippen LogP contribution is 2.20. The van der Waals surface area contributed by atoms with E-state index in [-0.39, 0.29) is 11.6 Å². The zero-order valence-corrected chi connectivity index (χ0v) is 13.1. The van der Waals surface area contributed by atoms with Gasteiger partial charge in [0.05, 0.1) is 24.1 Å². The standard InChI is InChI=1S/C18H17FN4O/c1-12(24)22-17-9-14(7-8-16(17)19)20-10-15-11-21-18(23-15)13-5-3-2-4-6-13/h2-9,11,20H,10H2,1H3,(H,21,23)(H,22,24). The van der Waals surface area contributed by atoms with E-state index in [0.717, 1.165) is 17.1 Å². The molecular weight excluding hydrogens is 307 g/mol. The number of anilines is 2. The van der Waals surface area contributed by atoms with Crippen LogP contribution < -0.4 is 10.6 Å². The van der Waals surface area contributed by atoms with Gasteiger partial charge in [-0.1, -0.05) is 30.3 Å². The van der Waals surface area contributed by atoms with Gasteiger partial charge >= 0.3 is 0 Å². The molecule has 5 nitrogen and oxygen atoms in total. The third-order valence-electron chi connectivity index (χ3n) is 3.44. The Kier molecular flexibility index (Phi) is 4.56. The highest BCUT2D eigenvalue weighted by atomic mass is 19.1. The number of hydrogen-bond donors (Lipinski definition) is 3. The number of imidazole rings is 1. The minimum Gasteiger partial charge on any atom is -0.379 e. The maximum atomic E-state index is 13.6. The van der Waals surface area contributed by atoms with Crippen LogP contribution in [0.3, 0.4) is 0 Å². The van der Waals surface area contributed by atoms with E-state index in [1.807, 2.05) is 30.3 Å². The zero-order valence-electron chi connectivity index (χ0n) is 13.1. The van der Waals surface area contributed by atoms with Crippen LogP contribution in [0.15, 0.2) is 54.7 Å². The van der Waals surface area contributed by atoms with Crippen molar-refractivity contribution >= 4 is 17.3 Å². The lowest BCUT2D eigenvalue weighted by Gasteiger charge is -2.09. The van der Waals surface area contributed by atoms with Crippen LogP contribution in [-0.4, -0.2) is 15.9 Å². The highest BCUT2D eigenvalue weighted by Gasteiger charge is 2.06. The monoisotopic (exact) mass is 324 g/mol. The van der Waals surface area contributed by atoms with Crippen molar-refractivity contribution in [3.8, 4) is 11.4 Å². The van der Waals surface area contributed by atoms with Crippen LogP contribution in [0.4, 0.5) is 15.8 Å². The first-order valence-electron chi connectivity index (χ1n) is 7.52. The number of carbonyl (C=O) groups is 1. The number of aromatic amines is 1. The van der Waals surface area contributed by atoms with Crippen LogP contribution in [0, 0.1) is 5.82 Å². The van der Waals surface area contributed by atoms with Gasteiger partial charge in [0.1, 0.15) is 11.6 Å². The third-order valence-corrected chi connectivity index (χ3v) is 3.44. The third kappa shape index (κ3) is 3.78. The number of nitrogens with one attached hydrogen (secondary N) is 3. The number of nitrogens with zero attached hydrogens (tertiary/aromatic N) is 1. The lowest BCUT2D eigenvalue weighted by molar-refractivity contribution is -0.114. The van der Waals surface area contributed by atoms with E-state index in [4.69, 9.17) is 0 Å². The quantitative estimate of drug-likeness (QED) is 0.669. The van der Waals surface area contributed by atoms with Gasteiger partial charge in [-0.25, -0.2) is 9.37 Å². The van der Waals surface area contributed by atoms with Crippen molar-refractivity contribution in [2.24, 2.45) is 0 Å². The number of halogens is 1. The Morgan fingerprint density at radius 1 is 1.21 bits per heavy atom. The molecule has 0 atom stereocenters. The summed E-state index contributed by atoms with van der Waals surface area (Å²) in [5.74, 6) is 0.0150. The molecule has 2 aromatic carbocycles. The maximum absolute atomic E-state index is 13.6. The normalized spacial score (nSPS) is 10.4. The molecule has 6 heteroatoms. The van der Waals surface area contributed by atoms with Crippen molar-refractivity contribution < 1.29 is 9.18 Å². The van der Waals surface area contributed by atoms with Gasteiger partial charge in [0, 0.05) is 18.2 Å². The summed E-state index contributed by atoms with van der Waals surface area (Å²) in [6.07, 6.45) is 1.76. The Labute approximate surface area is 138 Å². The Balaban J connectivity index is 1.68. The minimum atomic E-state index is -0.469. The molecule has 0 aliphatic carbocycles. The first-order valence-corrected chi connectivity index (χ1v) is 7.52. The fraction of sp³-hybridized carbons (Fsp3) is 0.111. The van der Waals surface area contributed by atoms with E-state index in [9.17, 15) is 9.18 Å². The predicted octanol–water partition coefficient (Wildman–Crippen LogP) is 3.79. The van der Waals surface area contributed by atoms with Crippen molar-refractivity contribution in [2.75, 3.05) is 10.6 Å². The van der Waals surface area contributed by atoms with Crippen LogP contribution in [-0.2, 0) is 11.3 Å². The Morgan fingerprint density at radius 3 is 2.75 bits per heavy atom. The summed E-state index contributed by atoms with van der Waals surface area (Å²) in [6, 6.07) is 14.3. The van der Waals surface area contributed by atoms with E-state index in [0.29, 0.717) is 12.2 Å². The van der Waals surface area contributed by atoms with Gasteiger partial charge in [0.15, 0.2) is 0 Å². The molecule has 0 spiro atoms. The summed E-state index contributed by atoms with van der Waals surface area (Å²) >= 11 is 0. The van der Waals surface area contributed by atoms with E-state index in [1.54, 1.807) is 18.3 Å². The molecule has 3 aromatic rings. The molecule has 0 aliphatic heterocycles. The second kappa shape index (κ2) is 6.95. The molecule has 0 fully saturated rings. The van der Waals surface area contributed by atoms with Crippen molar-refractivity contribution in [1.29, 1.82) is 0 Å². The molecule has 0 saturated carbocycles. The van der Waals surface area contributed by atoms with Gasteiger partial charge in [-0.2, -0.15) is 0 Å². The number of carbonyl (C=O) groups excluding carboxylic acids is 1. The number of hydrogen-bond acceptors (Lipinski definition) is 3. The second-order valence-electron chi connectivity index (χ2n) is 5.35. The second-order valence-corrected chi connectivity index (χ2v) is 5.35. The number of aromatic nitrogens is 2. The molecule has 122 valence electrons. The summed E-state index contributed by atoms with van der Waals surface area (Å²) in [6.45, 7) is 1.85. The smallest absolute Gasteiger partial charge is 0.221 e. The fourth-order valence-electron chi connectivity index (χ4n) is 2.31. The molecule has 0 radical (unpaired) electrons. The van der Waals surface area contributed by atoms with E-state index < -0.39 is 5.82 Å². The highest BCUT2D eigenvalue weighted by molar-refractivity contribution is 5.89. The maximum Gasteiger partial charge on any atom is 0.221 e. The minimum absolute atomic E-state index is 0.155. The van der Waals surface area contributed by atoms with Crippen molar-refractivity contribution in [2.45, 2.75) is 13.5 Å². The van der Waals surface area contributed by atoms with Crippen molar-refractivity contribution in [3.05, 3.63) is 66.2 Å². The molecule has 1 amide bonds. The zero-order chi connectivity index (χ0) is 16.9. The van der Waals surface area contributed by atoms with Crippen molar-refractivity contribution in [1.82, 2.24) is 9.97 Å². The van der Waals surface area contributed by atoms with Crippen LogP contribution in [0.5, 0.6) is 0 Å². The van der Waals surface area contributed by atoms with Crippen LogP contribution >= 0.6 is 0 Å². The van der Waals surface area contributed by atoms with Gasteiger partial charge in [-0.05, 0) is 18.2 Å². The molecule has 1 heterocycles. The van der Waals surface area contributed by atoms with Gasteiger partial charge in [0.2, 0.25) is 5.91 Å². The summed E-state index contributed by atoms with van der Waals surface area (Å²) in [5, 5.41) is 5.64. The van der Waals surface area contributed by atoms with Gasteiger partial charge in [-0.15, -0.1) is 0 Å². The lowest BCUT2D eigenvalue weighted by atomic mass is 10.2. The van der Waals surface area contributed by atoms with Crippen LogP contribution in [0.2, 0.25) is 0 Å². The molecule has 0 bridgehead atoms. The van der Waals surface area contributed by atoms with Crippen molar-refractivity contribution in [3.63, 3.8) is 0 Å². The van der Waals surface area contributed by atoms with Crippen LogP contribution in [0.1, 0.15) is 12.6 Å². The predicted molar refractivity (Wildman–Crippen MR) is 92.1 cm³/mol. The average molecular weight is 324 g/mol. The summed E-state index contributed by atoms with van der Waals surface area (Å²) < 4.78 is 13.6. The Morgan fingerprint density at radius 2 is 2.00 bits per heavy atom. The SMILES string of the molecule is CC(=O)Nc1cc(NCc2cnc(-c3ccccc3)[nH]2)ccc1F. The largest absolute Gasteiger partial charge is 0.379 e. The average Bonchev–Trinajstić information content (AvgIpc) is 3.05. The molecule has 3 rings (SSSR count).